The standard InChI is InChI=1S/C15H22N2O/c16-10-15(5-6-15)11-17-7-3-12-1-2-14-13(9-12)4-8-18-14/h1-2,9,17H,3-8,10-11,16H2. The molecular formula is C15H22N2O. The smallest absolute Gasteiger partial charge is 0.122 e. The van der Waals surface area contributed by atoms with E-state index in [0.717, 1.165) is 44.8 Å². The van der Waals surface area contributed by atoms with Crippen molar-refractivity contribution in [3.63, 3.8) is 0 Å². The molecule has 1 fully saturated rings. The minimum Gasteiger partial charge on any atom is -0.493 e. The molecule has 0 saturated heterocycles. The Hall–Kier alpha value is -1.06. The Kier molecular flexibility index (Phi) is 3.27. The summed E-state index contributed by atoms with van der Waals surface area (Å²) in [6, 6.07) is 6.58. The molecule has 1 aromatic rings. The first-order chi connectivity index (χ1) is 8.81. The van der Waals surface area contributed by atoms with E-state index in [0.29, 0.717) is 5.41 Å². The molecule has 0 aromatic heterocycles. The van der Waals surface area contributed by atoms with Crippen molar-refractivity contribution in [2.24, 2.45) is 11.1 Å². The lowest BCUT2D eigenvalue weighted by Crippen LogP contribution is -2.30. The molecule has 0 unspecified atom stereocenters. The van der Waals surface area contributed by atoms with Crippen LogP contribution in [-0.4, -0.2) is 26.2 Å². The number of fused-ring (bicyclic) bond motifs is 1. The number of nitrogens with two attached hydrogens (primary N) is 1. The number of hydrogen-bond acceptors (Lipinski definition) is 3. The Labute approximate surface area is 109 Å². The molecule has 3 rings (SSSR count). The summed E-state index contributed by atoms with van der Waals surface area (Å²) in [6.07, 6.45) is 4.75. The normalized spacial score (nSPS) is 19.4. The van der Waals surface area contributed by atoms with Crippen molar-refractivity contribution in [3.05, 3.63) is 29.3 Å². The first-order valence-electron chi connectivity index (χ1n) is 6.97. The second-order valence-electron chi connectivity index (χ2n) is 5.67. The second-order valence-corrected chi connectivity index (χ2v) is 5.67. The predicted molar refractivity (Wildman–Crippen MR) is 72.9 cm³/mol. The first kappa shape index (κ1) is 12.0. The van der Waals surface area contributed by atoms with Crippen LogP contribution in [0.1, 0.15) is 24.0 Å². The molecule has 0 atom stereocenters. The lowest BCUT2D eigenvalue weighted by molar-refractivity contribution is 0.357. The zero-order valence-electron chi connectivity index (χ0n) is 10.9. The van der Waals surface area contributed by atoms with Crippen LogP contribution in [0.4, 0.5) is 0 Å². The molecule has 3 nitrogen and oxygen atoms in total. The molecule has 0 spiro atoms. The molecule has 3 N–H and O–H groups in total. The second kappa shape index (κ2) is 4.90. The minimum atomic E-state index is 0.436. The number of benzene rings is 1. The van der Waals surface area contributed by atoms with E-state index in [2.05, 4.69) is 23.5 Å². The maximum absolute atomic E-state index is 5.77. The maximum Gasteiger partial charge on any atom is 0.122 e. The van der Waals surface area contributed by atoms with Crippen molar-refractivity contribution in [1.29, 1.82) is 0 Å². The van der Waals surface area contributed by atoms with E-state index in [1.165, 1.54) is 24.0 Å². The van der Waals surface area contributed by atoms with Crippen LogP contribution in [-0.2, 0) is 12.8 Å². The van der Waals surface area contributed by atoms with Gasteiger partial charge in [0.1, 0.15) is 5.75 Å². The van der Waals surface area contributed by atoms with Gasteiger partial charge >= 0.3 is 0 Å². The summed E-state index contributed by atoms with van der Waals surface area (Å²) in [6.45, 7) is 3.80. The van der Waals surface area contributed by atoms with E-state index in [4.69, 9.17) is 10.5 Å². The van der Waals surface area contributed by atoms with Crippen LogP contribution >= 0.6 is 0 Å². The topological polar surface area (TPSA) is 47.3 Å². The Morgan fingerprint density at radius 2 is 2.22 bits per heavy atom. The quantitative estimate of drug-likeness (QED) is 0.748. The monoisotopic (exact) mass is 246 g/mol. The summed E-state index contributed by atoms with van der Waals surface area (Å²) >= 11 is 0. The Bertz CT molecular complexity index is 427. The molecule has 0 amide bonds. The molecule has 1 aliphatic heterocycles. The number of hydrogen-bond donors (Lipinski definition) is 2. The number of nitrogens with one attached hydrogen (secondary N) is 1. The summed E-state index contributed by atoms with van der Waals surface area (Å²) in [5.74, 6) is 1.08. The minimum absolute atomic E-state index is 0.436. The van der Waals surface area contributed by atoms with Crippen LogP contribution < -0.4 is 15.8 Å². The third kappa shape index (κ3) is 2.52. The maximum atomic E-state index is 5.77. The molecule has 98 valence electrons. The average molecular weight is 246 g/mol. The predicted octanol–water partition coefficient (Wildman–Crippen LogP) is 1.49. The molecule has 1 aromatic carbocycles. The summed E-state index contributed by atoms with van der Waals surface area (Å²) in [4.78, 5) is 0. The van der Waals surface area contributed by atoms with Gasteiger partial charge in [0.25, 0.3) is 0 Å². The van der Waals surface area contributed by atoms with Gasteiger partial charge in [-0.2, -0.15) is 0 Å². The average Bonchev–Trinajstić information content (AvgIpc) is 3.03. The van der Waals surface area contributed by atoms with Crippen LogP contribution in [0.2, 0.25) is 0 Å². The summed E-state index contributed by atoms with van der Waals surface area (Å²) < 4.78 is 5.52. The fourth-order valence-electron chi connectivity index (χ4n) is 2.61. The molecule has 18 heavy (non-hydrogen) atoms. The van der Waals surface area contributed by atoms with E-state index in [1.54, 1.807) is 0 Å². The van der Waals surface area contributed by atoms with Gasteiger partial charge in [-0.15, -0.1) is 0 Å². The third-order valence-corrected chi connectivity index (χ3v) is 4.23. The van der Waals surface area contributed by atoms with E-state index >= 15 is 0 Å². The van der Waals surface area contributed by atoms with Crippen LogP contribution in [0.15, 0.2) is 18.2 Å². The summed E-state index contributed by atoms with van der Waals surface area (Å²) in [5, 5.41) is 3.54. The van der Waals surface area contributed by atoms with Gasteiger partial charge in [-0.1, -0.05) is 12.1 Å². The highest BCUT2D eigenvalue weighted by molar-refractivity contribution is 5.39. The number of rotatable bonds is 6. The fourth-order valence-corrected chi connectivity index (χ4v) is 2.61. The van der Waals surface area contributed by atoms with Gasteiger partial charge in [0.2, 0.25) is 0 Å². The van der Waals surface area contributed by atoms with E-state index in [-0.39, 0.29) is 0 Å². The van der Waals surface area contributed by atoms with E-state index in [1.807, 2.05) is 0 Å². The Morgan fingerprint density at radius 1 is 1.33 bits per heavy atom. The summed E-state index contributed by atoms with van der Waals surface area (Å²) in [7, 11) is 0. The van der Waals surface area contributed by atoms with Crippen molar-refractivity contribution >= 4 is 0 Å². The molecule has 0 radical (unpaired) electrons. The molecule has 1 aliphatic carbocycles. The Balaban J connectivity index is 1.46. The van der Waals surface area contributed by atoms with E-state index in [9.17, 15) is 0 Å². The molecular weight excluding hydrogens is 224 g/mol. The van der Waals surface area contributed by atoms with Crippen molar-refractivity contribution in [2.45, 2.75) is 25.7 Å². The van der Waals surface area contributed by atoms with Crippen LogP contribution in [0.25, 0.3) is 0 Å². The first-order valence-corrected chi connectivity index (χ1v) is 6.97. The Morgan fingerprint density at radius 3 is 3.00 bits per heavy atom. The zero-order chi connectivity index (χ0) is 12.4. The van der Waals surface area contributed by atoms with Gasteiger partial charge in [-0.05, 0) is 55.0 Å². The molecule has 3 heteroatoms. The van der Waals surface area contributed by atoms with Gasteiger partial charge < -0.3 is 15.8 Å². The highest BCUT2D eigenvalue weighted by atomic mass is 16.5. The highest BCUT2D eigenvalue weighted by Crippen LogP contribution is 2.43. The lowest BCUT2D eigenvalue weighted by Gasteiger charge is -2.13. The molecule has 1 saturated carbocycles. The van der Waals surface area contributed by atoms with Crippen molar-refractivity contribution in [3.8, 4) is 5.75 Å². The van der Waals surface area contributed by atoms with Crippen molar-refractivity contribution < 1.29 is 4.74 Å². The van der Waals surface area contributed by atoms with Gasteiger partial charge in [-0.3, -0.25) is 0 Å². The fraction of sp³-hybridized carbons (Fsp3) is 0.600. The highest BCUT2D eigenvalue weighted by Gasteiger charge is 2.40. The van der Waals surface area contributed by atoms with E-state index < -0.39 is 0 Å². The molecule has 2 aliphatic rings. The van der Waals surface area contributed by atoms with Crippen molar-refractivity contribution in [1.82, 2.24) is 5.32 Å². The SMILES string of the molecule is NCC1(CNCCc2ccc3c(c2)CCO3)CC1. The van der Waals surface area contributed by atoms with Crippen LogP contribution in [0.5, 0.6) is 5.75 Å². The molecule has 1 heterocycles. The number of ether oxygens (including phenoxy) is 1. The lowest BCUT2D eigenvalue weighted by atomic mass is 10.1. The van der Waals surface area contributed by atoms with Gasteiger partial charge in [-0.25, -0.2) is 0 Å². The van der Waals surface area contributed by atoms with Crippen molar-refractivity contribution in [2.75, 3.05) is 26.2 Å². The zero-order valence-corrected chi connectivity index (χ0v) is 10.9. The van der Waals surface area contributed by atoms with Gasteiger partial charge in [0.15, 0.2) is 0 Å². The van der Waals surface area contributed by atoms with Crippen LogP contribution in [0, 0.1) is 5.41 Å². The van der Waals surface area contributed by atoms with Gasteiger partial charge in [0.05, 0.1) is 6.61 Å². The molecule has 0 bridgehead atoms. The summed E-state index contributed by atoms with van der Waals surface area (Å²) in [5.41, 5.74) is 8.98. The third-order valence-electron chi connectivity index (χ3n) is 4.23. The van der Waals surface area contributed by atoms with Crippen LogP contribution in [0.3, 0.4) is 0 Å². The largest absolute Gasteiger partial charge is 0.493 e. The van der Waals surface area contributed by atoms with Gasteiger partial charge in [0, 0.05) is 13.0 Å².